The van der Waals surface area contributed by atoms with Gasteiger partial charge in [-0.15, -0.1) is 0 Å². The number of halogens is 2. The highest BCUT2D eigenvalue weighted by Crippen LogP contribution is 2.21. The van der Waals surface area contributed by atoms with Crippen LogP contribution in [0, 0.1) is 5.82 Å². The zero-order valence-corrected chi connectivity index (χ0v) is 11.6. The van der Waals surface area contributed by atoms with Gasteiger partial charge in [-0.2, -0.15) is 0 Å². The molecule has 1 atom stereocenters. The maximum atomic E-state index is 13.7. The lowest BCUT2D eigenvalue weighted by Gasteiger charge is -2.17. The van der Waals surface area contributed by atoms with Gasteiger partial charge in [-0.3, -0.25) is 4.98 Å². The molecule has 1 N–H and O–H groups in total. The molecule has 0 aliphatic heterocycles. The molecule has 0 fully saturated rings. The SMILES string of the molecule is CNC(Cc1cncc(Br)c1)c1ccccc1F. The number of nitrogens with one attached hydrogen (secondary N) is 1. The molecule has 1 aromatic heterocycles. The molecule has 0 saturated heterocycles. The Kier molecular flexibility index (Phi) is 4.44. The van der Waals surface area contributed by atoms with Crippen molar-refractivity contribution in [1.82, 2.24) is 10.3 Å². The molecular formula is C14H14BrFN2. The van der Waals surface area contributed by atoms with Crippen molar-refractivity contribution in [2.45, 2.75) is 12.5 Å². The van der Waals surface area contributed by atoms with Gasteiger partial charge in [0.1, 0.15) is 5.82 Å². The van der Waals surface area contributed by atoms with Crippen molar-refractivity contribution in [2.75, 3.05) is 7.05 Å². The molecule has 0 spiro atoms. The van der Waals surface area contributed by atoms with Gasteiger partial charge < -0.3 is 5.32 Å². The molecule has 0 aliphatic carbocycles. The van der Waals surface area contributed by atoms with Crippen molar-refractivity contribution in [3.8, 4) is 0 Å². The van der Waals surface area contributed by atoms with E-state index in [0.717, 1.165) is 10.0 Å². The predicted octanol–water partition coefficient (Wildman–Crippen LogP) is 3.49. The van der Waals surface area contributed by atoms with E-state index in [4.69, 9.17) is 0 Å². The van der Waals surface area contributed by atoms with Crippen molar-refractivity contribution < 1.29 is 4.39 Å². The van der Waals surface area contributed by atoms with E-state index in [1.54, 1.807) is 18.5 Å². The van der Waals surface area contributed by atoms with Crippen molar-refractivity contribution in [2.24, 2.45) is 0 Å². The number of hydrogen-bond donors (Lipinski definition) is 1. The second-order valence-corrected chi connectivity index (χ2v) is 4.99. The van der Waals surface area contributed by atoms with Crippen LogP contribution in [0.4, 0.5) is 4.39 Å². The molecule has 2 nitrogen and oxygen atoms in total. The average molecular weight is 309 g/mol. The highest BCUT2D eigenvalue weighted by molar-refractivity contribution is 9.10. The summed E-state index contributed by atoms with van der Waals surface area (Å²) in [6.07, 6.45) is 4.24. The maximum absolute atomic E-state index is 13.7. The molecule has 0 radical (unpaired) electrons. The third-order valence-electron chi connectivity index (χ3n) is 2.83. The molecule has 94 valence electrons. The molecule has 0 aliphatic rings. The number of nitrogens with zero attached hydrogens (tertiary/aromatic N) is 1. The van der Waals surface area contributed by atoms with Crippen LogP contribution in [0.2, 0.25) is 0 Å². The van der Waals surface area contributed by atoms with Gasteiger partial charge in [0.15, 0.2) is 0 Å². The van der Waals surface area contributed by atoms with Crippen molar-refractivity contribution in [1.29, 1.82) is 0 Å². The Balaban J connectivity index is 2.23. The number of aromatic nitrogens is 1. The maximum Gasteiger partial charge on any atom is 0.127 e. The Morgan fingerprint density at radius 2 is 2.11 bits per heavy atom. The van der Waals surface area contributed by atoms with E-state index in [1.165, 1.54) is 6.07 Å². The lowest BCUT2D eigenvalue weighted by Crippen LogP contribution is -2.20. The highest BCUT2D eigenvalue weighted by atomic mass is 79.9. The minimum atomic E-state index is -0.181. The Morgan fingerprint density at radius 3 is 2.78 bits per heavy atom. The number of hydrogen-bond acceptors (Lipinski definition) is 2. The first-order valence-electron chi connectivity index (χ1n) is 5.72. The summed E-state index contributed by atoms with van der Waals surface area (Å²) in [6, 6.07) is 8.79. The molecule has 2 aromatic rings. The first-order chi connectivity index (χ1) is 8.70. The fourth-order valence-electron chi connectivity index (χ4n) is 1.93. The van der Waals surface area contributed by atoms with Gasteiger partial charge in [0.05, 0.1) is 0 Å². The van der Waals surface area contributed by atoms with Crippen LogP contribution in [-0.2, 0) is 6.42 Å². The average Bonchev–Trinajstić information content (AvgIpc) is 2.37. The Bertz CT molecular complexity index is 531. The zero-order chi connectivity index (χ0) is 13.0. The third kappa shape index (κ3) is 3.15. The fraction of sp³-hybridized carbons (Fsp3) is 0.214. The molecule has 2 rings (SSSR count). The van der Waals surface area contributed by atoms with E-state index in [0.29, 0.717) is 12.0 Å². The van der Waals surface area contributed by atoms with Gasteiger partial charge in [-0.1, -0.05) is 18.2 Å². The zero-order valence-electron chi connectivity index (χ0n) is 10.0. The number of benzene rings is 1. The van der Waals surface area contributed by atoms with Gasteiger partial charge in [0.25, 0.3) is 0 Å². The second kappa shape index (κ2) is 6.07. The Hall–Kier alpha value is -1.26. The Morgan fingerprint density at radius 1 is 1.33 bits per heavy atom. The summed E-state index contributed by atoms with van der Waals surface area (Å²) in [5, 5.41) is 3.14. The van der Waals surface area contributed by atoms with E-state index >= 15 is 0 Å². The summed E-state index contributed by atoms with van der Waals surface area (Å²) in [5.41, 5.74) is 1.74. The monoisotopic (exact) mass is 308 g/mol. The minimum absolute atomic E-state index is 0.0534. The van der Waals surface area contributed by atoms with Crippen LogP contribution >= 0.6 is 15.9 Å². The van der Waals surface area contributed by atoms with Crippen LogP contribution < -0.4 is 5.32 Å². The van der Waals surface area contributed by atoms with Crippen molar-refractivity contribution in [3.63, 3.8) is 0 Å². The smallest absolute Gasteiger partial charge is 0.127 e. The first-order valence-corrected chi connectivity index (χ1v) is 6.51. The summed E-state index contributed by atoms with van der Waals surface area (Å²) >= 11 is 3.39. The van der Waals surface area contributed by atoms with E-state index < -0.39 is 0 Å². The molecule has 18 heavy (non-hydrogen) atoms. The number of likely N-dealkylation sites (N-methyl/N-ethyl adjacent to an activating group) is 1. The van der Waals surface area contributed by atoms with Crippen LogP contribution in [0.15, 0.2) is 47.2 Å². The summed E-state index contributed by atoms with van der Waals surface area (Å²) in [4.78, 5) is 4.12. The van der Waals surface area contributed by atoms with Gasteiger partial charge in [-0.05, 0) is 47.1 Å². The molecule has 0 saturated carbocycles. The molecule has 4 heteroatoms. The quantitative estimate of drug-likeness (QED) is 0.935. The Labute approximate surface area is 114 Å². The lowest BCUT2D eigenvalue weighted by atomic mass is 9.99. The van der Waals surface area contributed by atoms with Crippen LogP contribution in [-0.4, -0.2) is 12.0 Å². The molecule has 0 amide bonds. The molecule has 0 bridgehead atoms. The van der Waals surface area contributed by atoms with E-state index in [1.807, 2.05) is 25.2 Å². The minimum Gasteiger partial charge on any atom is -0.313 e. The van der Waals surface area contributed by atoms with Gasteiger partial charge in [0, 0.05) is 28.5 Å². The topological polar surface area (TPSA) is 24.9 Å². The van der Waals surface area contributed by atoms with Crippen LogP contribution in [0.5, 0.6) is 0 Å². The van der Waals surface area contributed by atoms with Gasteiger partial charge in [0.2, 0.25) is 0 Å². The molecular weight excluding hydrogens is 295 g/mol. The summed E-state index contributed by atoms with van der Waals surface area (Å²) < 4.78 is 14.7. The normalized spacial score (nSPS) is 12.4. The molecule has 1 heterocycles. The summed E-state index contributed by atoms with van der Waals surface area (Å²) in [7, 11) is 1.84. The van der Waals surface area contributed by atoms with Crippen molar-refractivity contribution >= 4 is 15.9 Å². The van der Waals surface area contributed by atoms with Crippen LogP contribution in [0.3, 0.4) is 0 Å². The summed E-state index contributed by atoms with van der Waals surface area (Å²) in [6.45, 7) is 0. The molecule has 1 unspecified atom stereocenters. The highest BCUT2D eigenvalue weighted by Gasteiger charge is 2.14. The van der Waals surface area contributed by atoms with Gasteiger partial charge >= 0.3 is 0 Å². The third-order valence-corrected chi connectivity index (χ3v) is 3.26. The van der Waals surface area contributed by atoms with Crippen LogP contribution in [0.1, 0.15) is 17.2 Å². The first kappa shape index (κ1) is 13.2. The number of rotatable bonds is 4. The predicted molar refractivity (Wildman–Crippen MR) is 73.8 cm³/mol. The van der Waals surface area contributed by atoms with Crippen LogP contribution in [0.25, 0.3) is 0 Å². The van der Waals surface area contributed by atoms with Gasteiger partial charge in [-0.25, -0.2) is 4.39 Å². The fourth-order valence-corrected chi connectivity index (χ4v) is 2.34. The summed E-state index contributed by atoms with van der Waals surface area (Å²) in [5.74, 6) is -0.181. The van der Waals surface area contributed by atoms with E-state index in [2.05, 4.69) is 26.2 Å². The van der Waals surface area contributed by atoms with Crippen molar-refractivity contribution in [3.05, 3.63) is 64.1 Å². The lowest BCUT2D eigenvalue weighted by molar-refractivity contribution is 0.533. The van der Waals surface area contributed by atoms with E-state index in [-0.39, 0.29) is 11.9 Å². The second-order valence-electron chi connectivity index (χ2n) is 4.08. The standard InChI is InChI=1S/C14H14BrFN2/c1-17-14(12-4-2-3-5-13(12)16)7-10-6-11(15)9-18-8-10/h2-6,8-9,14,17H,7H2,1H3. The van der Waals surface area contributed by atoms with E-state index in [9.17, 15) is 4.39 Å². The number of pyridine rings is 1. The molecule has 1 aromatic carbocycles. The largest absolute Gasteiger partial charge is 0.313 e.